The maximum absolute atomic E-state index is 12.7. The Morgan fingerprint density at radius 1 is 1.20 bits per heavy atom. The van der Waals surface area contributed by atoms with Crippen molar-refractivity contribution in [2.45, 2.75) is 31.8 Å². The van der Waals surface area contributed by atoms with Crippen molar-refractivity contribution in [2.75, 3.05) is 19.6 Å². The van der Waals surface area contributed by atoms with Crippen LogP contribution in [0, 0.1) is 0 Å². The van der Waals surface area contributed by atoms with Crippen molar-refractivity contribution < 1.29 is 14.4 Å². The molecular formula is C17H23ClN4O3. The number of nitrogens with two attached hydrogens (primary N) is 1. The maximum atomic E-state index is 12.7. The van der Waals surface area contributed by atoms with Crippen LogP contribution in [0.25, 0.3) is 0 Å². The van der Waals surface area contributed by atoms with E-state index in [1.807, 2.05) is 4.90 Å². The number of carbonyl (C=O) groups is 3. The van der Waals surface area contributed by atoms with Gasteiger partial charge in [0.05, 0.1) is 13.1 Å². The Labute approximate surface area is 152 Å². The summed E-state index contributed by atoms with van der Waals surface area (Å²) in [6.07, 6.45) is 3.07. The van der Waals surface area contributed by atoms with Gasteiger partial charge in [-0.3, -0.25) is 14.5 Å². The van der Waals surface area contributed by atoms with E-state index in [0.717, 1.165) is 31.4 Å². The summed E-state index contributed by atoms with van der Waals surface area (Å²) < 4.78 is 0. The van der Waals surface area contributed by atoms with Gasteiger partial charge in [0.1, 0.15) is 0 Å². The van der Waals surface area contributed by atoms with Crippen molar-refractivity contribution in [2.24, 2.45) is 5.73 Å². The van der Waals surface area contributed by atoms with E-state index < -0.39 is 0 Å². The second-order valence-corrected chi connectivity index (χ2v) is 6.22. The number of rotatable bonds is 4. The number of piperidine rings is 1. The first-order valence-electron chi connectivity index (χ1n) is 8.28. The molecule has 0 bridgehead atoms. The highest BCUT2D eigenvalue weighted by atomic mass is 35.5. The topological polar surface area (TPSA) is 95.7 Å². The van der Waals surface area contributed by atoms with Crippen molar-refractivity contribution >= 4 is 30.3 Å². The van der Waals surface area contributed by atoms with E-state index in [4.69, 9.17) is 5.73 Å². The van der Waals surface area contributed by atoms with E-state index >= 15 is 0 Å². The third-order valence-corrected chi connectivity index (χ3v) is 4.64. The van der Waals surface area contributed by atoms with Crippen molar-refractivity contribution in [3.8, 4) is 0 Å². The molecule has 1 atom stereocenters. The summed E-state index contributed by atoms with van der Waals surface area (Å²) in [5.74, 6) is -0.244. The van der Waals surface area contributed by atoms with Crippen LogP contribution in [0.4, 0.5) is 4.79 Å². The SMILES string of the molecule is Cl.NCC1CCCCN1C(=O)c1ccc(CN2C(=O)CNC2=O)cc1. The maximum Gasteiger partial charge on any atom is 0.324 e. The molecule has 4 amide bonds. The zero-order chi connectivity index (χ0) is 17.1. The van der Waals surface area contributed by atoms with Crippen molar-refractivity contribution in [1.82, 2.24) is 15.1 Å². The summed E-state index contributed by atoms with van der Waals surface area (Å²) in [7, 11) is 0. The standard InChI is InChI=1S/C17H22N4O3.ClH/c18-9-14-3-1-2-8-20(14)16(23)13-6-4-12(5-7-13)11-21-15(22)10-19-17(21)24;/h4-7,14H,1-3,8-11,18H2,(H,19,24);1H. The van der Waals surface area contributed by atoms with Crippen LogP contribution in [0.5, 0.6) is 0 Å². The minimum atomic E-state index is -0.376. The molecular weight excluding hydrogens is 344 g/mol. The number of hydrogen-bond acceptors (Lipinski definition) is 4. The Balaban J connectivity index is 0.00000225. The number of imide groups is 1. The molecule has 2 aliphatic heterocycles. The van der Waals surface area contributed by atoms with Crippen LogP contribution in [0.3, 0.4) is 0 Å². The highest BCUT2D eigenvalue weighted by Gasteiger charge is 2.29. The van der Waals surface area contributed by atoms with E-state index in [2.05, 4.69) is 5.32 Å². The fourth-order valence-electron chi connectivity index (χ4n) is 3.23. The number of nitrogens with one attached hydrogen (secondary N) is 1. The third-order valence-electron chi connectivity index (χ3n) is 4.64. The minimum Gasteiger partial charge on any atom is -0.334 e. The van der Waals surface area contributed by atoms with Gasteiger partial charge in [-0.25, -0.2) is 4.79 Å². The van der Waals surface area contributed by atoms with Crippen LogP contribution in [-0.4, -0.2) is 53.3 Å². The Bertz CT molecular complexity index is 634. The summed E-state index contributed by atoms with van der Waals surface area (Å²) in [6, 6.07) is 6.80. The number of benzene rings is 1. The Kier molecular flexibility index (Phi) is 6.39. The van der Waals surface area contributed by atoms with Crippen LogP contribution >= 0.6 is 12.4 Å². The van der Waals surface area contributed by atoms with Gasteiger partial charge in [-0.1, -0.05) is 12.1 Å². The summed E-state index contributed by atoms with van der Waals surface area (Å²) in [6.45, 7) is 1.49. The molecule has 136 valence electrons. The van der Waals surface area contributed by atoms with E-state index in [1.165, 1.54) is 4.90 Å². The van der Waals surface area contributed by atoms with Gasteiger partial charge in [0, 0.05) is 24.7 Å². The fourth-order valence-corrected chi connectivity index (χ4v) is 3.23. The van der Waals surface area contributed by atoms with Gasteiger partial charge in [-0.05, 0) is 37.0 Å². The molecule has 8 heteroatoms. The van der Waals surface area contributed by atoms with Gasteiger partial charge in [-0.15, -0.1) is 12.4 Å². The summed E-state index contributed by atoms with van der Waals surface area (Å²) >= 11 is 0. The first-order chi connectivity index (χ1) is 11.6. The predicted octanol–water partition coefficient (Wildman–Crippen LogP) is 1.11. The molecule has 2 heterocycles. The van der Waals surface area contributed by atoms with Gasteiger partial charge >= 0.3 is 6.03 Å². The molecule has 1 aromatic rings. The van der Waals surface area contributed by atoms with Gasteiger partial charge in [-0.2, -0.15) is 0 Å². The fraction of sp³-hybridized carbons (Fsp3) is 0.471. The third kappa shape index (κ3) is 4.11. The lowest BCUT2D eigenvalue weighted by Crippen LogP contribution is -2.47. The second kappa shape index (κ2) is 8.31. The van der Waals surface area contributed by atoms with Crippen LogP contribution in [0.15, 0.2) is 24.3 Å². The van der Waals surface area contributed by atoms with E-state index in [-0.39, 0.29) is 49.4 Å². The molecule has 3 rings (SSSR count). The van der Waals surface area contributed by atoms with E-state index in [1.54, 1.807) is 24.3 Å². The summed E-state index contributed by atoms with van der Waals surface area (Å²) in [5.41, 5.74) is 7.20. The molecule has 0 aromatic heterocycles. The van der Waals surface area contributed by atoms with Gasteiger partial charge in [0.2, 0.25) is 5.91 Å². The van der Waals surface area contributed by atoms with E-state index in [0.29, 0.717) is 12.1 Å². The van der Waals surface area contributed by atoms with Crippen molar-refractivity contribution in [1.29, 1.82) is 0 Å². The normalized spacial score (nSPS) is 20.3. The second-order valence-electron chi connectivity index (χ2n) is 6.22. The van der Waals surface area contributed by atoms with Crippen LogP contribution < -0.4 is 11.1 Å². The summed E-state index contributed by atoms with van der Waals surface area (Å²) in [4.78, 5) is 38.9. The number of nitrogens with zero attached hydrogens (tertiary/aromatic N) is 2. The van der Waals surface area contributed by atoms with Crippen LogP contribution in [-0.2, 0) is 11.3 Å². The molecule has 25 heavy (non-hydrogen) atoms. The molecule has 2 saturated heterocycles. The van der Waals surface area contributed by atoms with Crippen LogP contribution in [0.1, 0.15) is 35.2 Å². The minimum absolute atomic E-state index is 0. The van der Waals surface area contributed by atoms with Crippen LogP contribution in [0.2, 0.25) is 0 Å². The molecule has 2 aliphatic rings. The van der Waals surface area contributed by atoms with Gasteiger partial charge in [0.25, 0.3) is 5.91 Å². The molecule has 0 radical (unpaired) electrons. The first kappa shape index (κ1) is 19.2. The average Bonchev–Trinajstić information content (AvgIpc) is 2.93. The lowest BCUT2D eigenvalue weighted by Gasteiger charge is -2.35. The molecule has 1 aromatic carbocycles. The zero-order valence-corrected chi connectivity index (χ0v) is 14.8. The van der Waals surface area contributed by atoms with E-state index in [9.17, 15) is 14.4 Å². The molecule has 3 N–H and O–H groups in total. The largest absolute Gasteiger partial charge is 0.334 e. The monoisotopic (exact) mass is 366 g/mol. The van der Waals surface area contributed by atoms with Crippen molar-refractivity contribution in [3.05, 3.63) is 35.4 Å². The zero-order valence-electron chi connectivity index (χ0n) is 13.9. The Morgan fingerprint density at radius 3 is 2.52 bits per heavy atom. The summed E-state index contributed by atoms with van der Waals surface area (Å²) in [5, 5.41) is 2.49. The average molecular weight is 367 g/mol. The number of urea groups is 1. The molecule has 1 unspecified atom stereocenters. The highest BCUT2D eigenvalue weighted by molar-refractivity contribution is 6.01. The van der Waals surface area contributed by atoms with Crippen molar-refractivity contribution in [3.63, 3.8) is 0 Å². The number of likely N-dealkylation sites (tertiary alicyclic amines) is 1. The molecule has 2 fully saturated rings. The lowest BCUT2D eigenvalue weighted by molar-refractivity contribution is -0.125. The molecule has 7 nitrogen and oxygen atoms in total. The highest BCUT2D eigenvalue weighted by Crippen LogP contribution is 2.19. The smallest absolute Gasteiger partial charge is 0.324 e. The quantitative estimate of drug-likeness (QED) is 0.780. The Morgan fingerprint density at radius 2 is 1.92 bits per heavy atom. The molecule has 0 spiro atoms. The Hall–Kier alpha value is -2.12. The van der Waals surface area contributed by atoms with Gasteiger partial charge in [0.15, 0.2) is 0 Å². The number of carbonyl (C=O) groups excluding carboxylic acids is 3. The number of hydrogen-bond donors (Lipinski definition) is 2. The predicted molar refractivity (Wildman–Crippen MR) is 95.4 cm³/mol. The van der Waals surface area contributed by atoms with Gasteiger partial charge < -0.3 is 16.0 Å². The first-order valence-corrected chi connectivity index (χ1v) is 8.28. The number of amides is 4. The molecule has 0 saturated carbocycles. The molecule has 0 aliphatic carbocycles. The number of halogens is 1. The lowest BCUT2D eigenvalue weighted by atomic mass is 10.0.